The topological polar surface area (TPSA) is 49.8 Å². The molecule has 4 nitrogen and oxygen atoms in total. The minimum Gasteiger partial charge on any atom is -0.480 e. The molecule has 1 atom stereocenters. The maximum atomic E-state index is 13.9. The molecule has 0 radical (unpaired) electrons. The van der Waals surface area contributed by atoms with Crippen LogP contribution in [0.25, 0.3) is 0 Å². The van der Waals surface area contributed by atoms with E-state index in [2.05, 4.69) is 20.8 Å². The normalized spacial score (nSPS) is 18.6. The fourth-order valence-electron chi connectivity index (χ4n) is 2.65. The van der Waals surface area contributed by atoms with Crippen LogP contribution in [0.4, 0.5) is 4.39 Å². The Morgan fingerprint density at radius 3 is 2.81 bits per heavy atom. The van der Waals surface area contributed by atoms with E-state index in [-0.39, 0.29) is 24.6 Å². The van der Waals surface area contributed by atoms with Crippen LogP contribution in [0, 0.1) is 5.82 Å². The van der Waals surface area contributed by atoms with Crippen molar-refractivity contribution < 1.29 is 19.0 Å². The fourth-order valence-corrected chi connectivity index (χ4v) is 3.03. The SMILES string of the molecule is CC(c1cc(Br)ccc1F)N1CCC(OCC(=O)O)CC1. The van der Waals surface area contributed by atoms with Gasteiger partial charge in [0.25, 0.3) is 0 Å². The van der Waals surface area contributed by atoms with E-state index in [1.54, 1.807) is 6.07 Å². The molecular formula is C15H19BrFNO3. The molecule has 1 aromatic rings. The number of halogens is 2. The summed E-state index contributed by atoms with van der Waals surface area (Å²) in [6.45, 7) is 3.29. The van der Waals surface area contributed by atoms with Gasteiger partial charge < -0.3 is 9.84 Å². The average molecular weight is 360 g/mol. The van der Waals surface area contributed by atoms with Crippen molar-refractivity contribution in [2.75, 3.05) is 19.7 Å². The molecule has 0 amide bonds. The van der Waals surface area contributed by atoms with Crippen LogP contribution in [-0.2, 0) is 9.53 Å². The van der Waals surface area contributed by atoms with Gasteiger partial charge in [-0.2, -0.15) is 0 Å². The van der Waals surface area contributed by atoms with Crippen molar-refractivity contribution in [3.05, 3.63) is 34.1 Å². The first kappa shape index (κ1) is 16.4. The lowest BCUT2D eigenvalue weighted by atomic mass is 10.0. The highest BCUT2D eigenvalue weighted by Gasteiger charge is 2.25. The van der Waals surface area contributed by atoms with Crippen LogP contribution in [-0.4, -0.2) is 41.8 Å². The molecule has 6 heteroatoms. The maximum Gasteiger partial charge on any atom is 0.329 e. The highest BCUT2D eigenvalue weighted by Crippen LogP contribution is 2.28. The third-order valence-corrected chi connectivity index (χ3v) is 4.37. The number of ether oxygens (including phenoxy) is 1. The maximum absolute atomic E-state index is 13.9. The molecule has 1 saturated heterocycles. The lowest BCUT2D eigenvalue weighted by molar-refractivity contribution is -0.145. The largest absolute Gasteiger partial charge is 0.480 e. The lowest BCUT2D eigenvalue weighted by Gasteiger charge is -2.36. The van der Waals surface area contributed by atoms with E-state index in [0.29, 0.717) is 5.56 Å². The van der Waals surface area contributed by atoms with Gasteiger partial charge >= 0.3 is 5.97 Å². The lowest BCUT2D eigenvalue weighted by Crippen LogP contribution is -2.39. The predicted octanol–water partition coefficient (Wildman–Crippen LogP) is 3.21. The molecule has 1 N–H and O–H groups in total. The molecule has 116 valence electrons. The minimum absolute atomic E-state index is 0.0112. The predicted molar refractivity (Wildman–Crippen MR) is 80.7 cm³/mol. The van der Waals surface area contributed by atoms with Crippen LogP contribution in [0.3, 0.4) is 0 Å². The van der Waals surface area contributed by atoms with Gasteiger partial charge in [0.2, 0.25) is 0 Å². The Bertz CT molecular complexity index is 504. The number of nitrogens with zero attached hydrogens (tertiary/aromatic N) is 1. The molecular weight excluding hydrogens is 341 g/mol. The van der Waals surface area contributed by atoms with Gasteiger partial charge in [-0.3, -0.25) is 4.90 Å². The van der Waals surface area contributed by atoms with Crippen LogP contribution < -0.4 is 0 Å². The standard InChI is InChI=1S/C15H19BrFNO3/c1-10(13-8-11(16)2-3-14(13)17)18-6-4-12(5-7-18)21-9-15(19)20/h2-3,8,10,12H,4-7,9H2,1H3,(H,19,20). The van der Waals surface area contributed by atoms with Gasteiger partial charge in [0, 0.05) is 29.2 Å². The van der Waals surface area contributed by atoms with Crippen molar-refractivity contribution >= 4 is 21.9 Å². The number of hydrogen-bond donors (Lipinski definition) is 1. The number of rotatable bonds is 5. The number of likely N-dealkylation sites (tertiary alicyclic amines) is 1. The summed E-state index contributed by atoms with van der Waals surface area (Å²) in [4.78, 5) is 12.7. The molecule has 21 heavy (non-hydrogen) atoms. The van der Waals surface area contributed by atoms with Crippen LogP contribution in [0.2, 0.25) is 0 Å². The van der Waals surface area contributed by atoms with Crippen molar-refractivity contribution in [3.63, 3.8) is 0 Å². The van der Waals surface area contributed by atoms with Crippen molar-refractivity contribution in [3.8, 4) is 0 Å². The monoisotopic (exact) mass is 359 g/mol. The molecule has 0 aromatic heterocycles. The molecule has 1 aliphatic heterocycles. The Morgan fingerprint density at radius 2 is 2.19 bits per heavy atom. The number of carboxylic acids is 1. The summed E-state index contributed by atoms with van der Waals surface area (Å²) in [5, 5.41) is 8.61. The quantitative estimate of drug-likeness (QED) is 0.876. The summed E-state index contributed by atoms with van der Waals surface area (Å²) >= 11 is 3.37. The van der Waals surface area contributed by atoms with Gasteiger partial charge in [0.05, 0.1) is 6.10 Å². The summed E-state index contributed by atoms with van der Waals surface area (Å²) in [7, 11) is 0. The summed E-state index contributed by atoms with van der Waals surface area (Å²) < 4.78 is 20.1. The first-order valence-electron chi connectivity index (χ1n) is 6.99. The number of piperidine rings is 1. The van der Waals surface area contributed by atoms with Crippen LogP contribution in [0.5, 0.6) is 0 Å². The van der Waals surface area contributed by atoms with Gasteiger partial charge in [-0.15, -0.1) is 0 Å². The zero-order chi connectivity index (χ0) is 15.4. The number of benzene rings is 1. The molecule has 0 spiro atoms. The first-order chi connectivity index (χ1) is 9.97. The van der Waals surface area contributed by atoms with Gasteiger partial charge in [-0.25, -0.2) is 9.18 Å². The highest BCUT2D eigenvalue weighted by molar-refractivity contribution is 9.10. The van der Waals surface area contributed by atoms with Crippen molar-refractivity contribution in [2.45, 2.75) is 31.9 Å². The second-order valence-corrected chi connectivity index (χ2v) is 6.20. The third-order valence-electron chi connectivity index (χ3n) is 3.87. The fraction of sp³-hybridized carbons (Fsp3) is 0.533. The van der Waals surface area contributed by atoms with Gasteiger partial charge in [-0.05, 0) is 38.0 Å². The van der Waals surface area contributed by atoms with Crippen molar-refractivity contribution in [2.24, 2.45) is 0 Å². The Labute approximate surface area is 132 Å². The van der Waals surface area contributed by atoms with Crippen LogP contribution >= 0.6 is 15.9 Å². The molecule has 0 saturated carbocycles. The second kappa shape index (κ2) is 7.33. The molecule has 1 heterocycles. The Morgan fingerprint density at radius 1 is 1.52 bits per heavy atom. The molecule has 0 aliphatic carbocycles. The summed E-state index contributed by atoms with van der Waals surface area (Å²) in [5.74, 6) is -1.14. The first-order valence-corrected chi connectivity index (χ1v) is 7.79. The van der Waals surface area contributed by atoms with Gasteiger partial charge in [-0.1, -0.05) is 15.9 Å². The number of carbonyl (C=O) groups is 1. The smallest absolute Gasteiger partial charge is 0.329 e. The molecule has 1 aromatic carbocycles. The van der Waals surface area contributed by atoms with E-state index in [1.165, 1.54) is 6.07 Å². The van der Waals surface area contributed by atoms with E-state index in [0.717, 1.165) is 30.4 Å². The second-order valence-electron chi connectivity index (χ2n) is 5.28. The summed E-state index contributed by atoms with van der Waals surface area (Å²) in [6, 6.07) is 4.96. The van der Waals surface area contributed by atoms with Crippen LogP contribution in [0.15, 0.2) is 22.7 Å². The summed E-state index contributed by atoms with van der Waals surface area (Å²) in [6.07, 6.45) is 1.53. The number of hydrogen-bond acceptors (Lipinski definition) is 3. The Kier molecular flexibility index (Phi) is 5.72. The molecule has 1 unspecified atom stereocenters. The van der Waals surface area contributed by atoms with E-state index >= 15 is 0 Å². The third kappa shape index (κ3) is 4.49. The van der Waals surface area contributed by atoms with E-state index < -0.39 is 5.97 Å². The van der Waals surface area contributed by atoms with Crippen molar-refractivity contribution in [1.29, 1.82) is 0 Å². The Hall–Kier alpha value is -0.980. The zero-order valence-electron chi connectivity index (χ0n) is 11.9. The molecule has 1 fully saturated rings. The molecule has 2 rings (SSSR count). The van der Waals surface area contributed by atoms with E-state index in [4.69, 9.17) is 9.84 Å². The van der Waals surface area contributed by atoms with E-state index in [9.17, 15) is 9.18 Å². The minimum atomic E-state index is -0.943. The summed E-state index contributed by atoms with van der Waals surface area (Å²) in [5.41, 5.74) is 0.675. The average Bonchev–Trinajstić information content (AvgIpc) is 2.47. The highest BCUT2D eigenvalue weighted by atomic mass is 79.9. The van der Waals surface area contributed by atoms with Gasteiger partial charge in [0.1, 0.15) is 12.4 Å². The van der Waals surface area contributed by atoms with E-state index in [1.807, 2.05) is 13.0 Å². The Balaban J connectivity index is 1.92. The number of aliphatic carboxylic acids is 1. The van der Waals surface area contributed by atoms with Crippen LogP contribution in [0.1, 0.15) is 31.4 Å². The molecule has 1 aliphatic rings. The van der Waals surface area contributed by atoms with Gasteiger partial charge in [0.15, 0.2) is 0 Å². The zero-order valence-corrected chi connectivity index (χ0v) is 13.5. The number of carboxylic acid groups (broad SMARTS) is 1. The molecule has 0 bridgehead atoms. The van der Waals surface area contributed by atoms with Crippen molar-refractivity contribution in [1.82, 2.24) is 4.90 Å².